The first-order valence-corrected chi connectivity index (χ1v) is 9.46. The second kappa shape index (κ2) is 6.49. The molecule has 5 rings (SSSR count). The molecule has 5 heteroatoms. The fraction of sp³-hybridized carbons (Fsp3) is 0.429. The van der Waals surface area contributed by atoms with Crippen LogP contribution in [-0.2, 0) is 11.3 Å². The molecule has 2 aliphatic rings. The molecule has 3 heterocycles. The Morgan fingerprint density at radius 2 is 1.85 bits per heavy atom. The van der Waals surface area contributed by atoms with Gasteiger partial charge in [-0.25, -0.2) is 9.97 Å². The number of piperidine rings is 1. The third kappa shape index (κ3) is 2.63. The summed E-state index contributed by atoms with van der Waals surface area (Å²) in [6.45, 7) is 3.12. The van der Waals surface area contributed by atoms with E-state index in [1.165, 1.54) is 18.5 Å². The van der Waals surface area contributed by atoms with Gasteiger partial charge in [-0.3, -0.25) is 9.30 Å². The molecule has 1 aromatic carbocycles. The number of hydrogen-bond donors (Lipinski definition) is 0. The Kier molecular flexibility index (Phi) is 3.98. The van der Waals surface area contributed by atoms with E-state index < -0.39 is 0 Å². The Labute approximate surface area is 153 Å². The number of likely N-dealkylation sites (tertiary alicyclic amines) is 1. The van der Waals surface area contributed by atoms with E-state index in [-0.39, 0.29) is 0 Å². The summed E-state index contributed by atoms with van der Waals surface area (Å²) in [6, 6.07) is 12.4. The molecule has 0 N–H and O–H groups in total. The summed E-state index contributed by atoms with van der Waals surface area (Å²) in [5, 5.41) is 0. The van der Waals surface area contributed by atoms with Crippen molar-refractivity contribution in [2.75, 3.05) is 20.2 Å². The first-order chi connectivity index (χ1) is 12.8. The van der Waals surface area contributed by atoms with Gasteiger partial charge in [0, 0.05) is 44.7 Å². The second-order valence-corrected chi connectivity index (χ2v) is 7.55. The highest BCUT2D eigenvalue weighted by Crippen LogP contribution is 2.39. The fourth-order valence-electron chi connectivity index (χ4n) is 4.91. The lowest BCUT2D eigenvalue weighted by molar-refractivity contribution is -0.0183. The topological polar surface area (TPSA) is 42.7 Å². The van der Waals surface area contributed by atoms with Crippen molar-refractivity contribution in [3.05, 3.63) is 54.5 Å². The van der Waals surface area contributed by atoms with Gasteiger partial charge in [0.15, 0.2) is 0 Å². The standard InChI is InChI=1S/C21H24N4O/c1-26-20-16-8-9-17(20)13-24(12-16)14-18-19(15-6-3-2-4-7-15)23-21-22-10-5-11-25(18)21/h2-7,10-11,16-17,20H,8-9,12-14H2,1H3/t16-,17+,20?. The van der Waals surface area contributed by atoms with E-state index in [2.05, 4.69) is 44.7 Å². The lowest BCUT2D eigenvalue weighted by Crippen LogP contribution is -2.45. The van der Waals surface area contributed by atoms with Crippen molar-refractivity contribution in [3.8, 4) is 11.3 Å². The maximum atomic E-state index is 5.77. The third-order valence-electron chi connectivity index (χ3n) is 6.02. The number of imidazole rings is 1. The summed E-state index contributed by atoms with van der Waals surface area (Å²) in [5.74, 6) is 2.10. The van der Waals surface area contributed by atoms with Gasteiger partial charge in [-0.1, -0.05) is 30.3 Å². The molecule has 0 amide bonds. The molecule has 2 fully saturated rings. The van der Waals surface area contributed by atoms with E-state index >= 15 is 0 Å². The van der Waals surface area contributed by atoms with Gasteiger partial charge < -0.3 is 4.74 Å². The van der Waals surface area contributed by atoms with Gasteiger partial charge in [0.05, 0.1) is 17.5 Å². The molecule has 134 valence electrons. The Balaban J connectivity index is 1.51. The van der Waals surface area contributed by atoms with E-state index in [4.69, 9.17) is 9.72 Å². The minimum absolute atomic E-state index is 0.448. The van der Waals surface area contributed by atoms with Crippen molar-refractivity contribution in [1.82, 2.24) is 19.3 Å². The second-order valence-electron chi connectivity index (χ2n) is 7.55. The van der Waals surface area contributed by atoms with Crippen molar-refractivity contribution >= 4 is 5.78 Å². The van der Waals surface area contributed by atoms with Crippen LogP contribution >= 0.6 is 0 Å². The molecule has 3 aromatic rings. The molecular weight excluding hydrogens is 324 g/mol. The molecule has 2 aromatic heterocycles. The number of hydrogen-bond acceptors (Lipinski definition) is 4. The van der Waals surface area contributed by atoms with Crippen molar-refractivity contribution in [2.45, 2.75) is 25.5 Å². The van der Waals surface area contributed by atoms with Crippen LogP contribution < -0.4 is 0 Å². The molecule has 1 aliphatic carbocycles. The highest BCUT2D eigenvalue weighted by molar-refractivity contribution is 5.65. The normalized spacial score (nSPS) is 25.8. The predicted molar refractivity (Wildman–Crippen MR) is 101 cm³/mol. The van der Waals surface area contributed by atoms with Gasteiger partial charge in [-0.15, -0.1) is 0 Å². The van der Waals surface area contributed by atoms with Crippen molar-refractivity contribution < 1.29 is 4.74 Å². The molecule has 1 aliphatic heterocycles. The van der Waals surface area contributed by atoms with Crippen LogP contribution in [0.3, 0.4) is 0 Å². The highest BCUT2D eigenvalue weighted by Gasteiger charge is 2.42. The van der Waals surface area contributed by atoms with Crippen LogP contribution in [0.1, 0.15) is 18.5 Å². The van der Waals surface area contributed by atoms with Gasteiger partial charge in [-0.05, 0) is 30.7 Å². The Bertz CT molecular complexity index is 893. The first-order valence-electron chi connectivity index (χ1n) is 9.46. The summed E-state index contributed by atoms with van der Waals surface area (Å²) in [7, 11) is 1.87. The van der Waals surface area contributed by atoms with Gasteiger partial charge in [0.2, 0.25) is 5.78 Å². The monoisotopic (exact) mass is 348 g/mol. The number of ether oxygens (including phenoxy) is 1. The molecular formula is C21H24N4O. The zero-order chi connectivity index (χ0) is 17.5. The van der Waals surface area contributed by atoms with Crippen LogP contribution in [0.5, 0.6) is 0 Å². The molecule has 5 nitrogen and oxygen atoms in total. The molecule has 0 spiro atoms. The average molecular weight is 348 g/mol. The zero-order valence-electron chi connectivity index (χ0n) is 15.1. The van der Waals surface area contributed by atoms with Crippen LogP contribution in [-0.4, -0.2) is 45.6 Å². The van der Waals surface area contributed by atoms with Gasteiger partial charge in [0.25, 0.3) is 0 Å². The van der Waals surface area contributed by atoms with Gasteiger partial charge in [0.1, 0.15) is 0 Å². The van der Waals surface area contributed by atoms with Crippen LogP contribution in [0.25, 0.3) is 17.0 Å². The number of rotatable bonds is 4. The van der Waals surface area contributed by atoms with Crippen molar-refractivity contribution in [1.29, 1.82) is 0 Å². The summed E-state index contributed by atoms with van der Waals surface area (Å²) < 4.78 is 7.92. The third-order valence-corrected chi connectivity index (χ3v) is 6.02. The largest absolute Gasteiger partial charge is 0.381 e. The number of fused-ring (bicyclic) bond motifs is 3. The Morgan fingerprint density at radius 1 is 1.08 bits per heavy atom. The van der Waals surface area contributed by atoms with E-state index in [1.54, 1.807) is 0 Å². The maximum Gasteiger partial charge on any atom is 0.234 e. The molecule has 1 unspecified atom stereocenters. The Morgan fingerprint density at radius 3 is 2.58 bits per heavy atom. The SMILES string of the molecule is COC1[C@@H]2CC[C@H]1CN(Cc1c(-c3ccccc3)nc3ncccn13)C2. The van der Waals surface area contributed by atoms with Crippen LogP contribution in [0, 0.1) is 11.8 Å². The van der Waals surface area contributed by atoms with Gasteiger partial charge >= 0.3 is 0 Å². The quantitative estimate of drug-likeness (QED) is 0.726. The minimum Gasteiger partial charge on any atom is -0.381 e. The summed E-state index contributed by atoms with van der Waals surface area (Å²) in [4.78, 5) is 11.9. The smallest absolute Gasteiger partial charge is 0.234 e. The number of nitrogens with zero attached hydrogens (tertiary/aromatic N) is 4. The molecule has 1 saturated heterocycles. The number of methoxy groups -OCH3 is 1. The summed E-state index contributed by atoms with van der Waals surface area (Å²) in [5.41, 5.74) is 3.43. The van der Waals surface area contributed by atoms with E-state index in [1.807, 2.05) is 25.4 Å². The molecule has 26 heavy (non-hydrogen) atoms. The fourth-order valence-corrected chi connectivity index (χ4v) is 4.91. The van der Waals surface area contributed by atoms with E-state index in [0.29, 0.717) is 17.9 Å². The van der Waals surface area contributed by atoms with Crippen LogP contribution in [0.2, 0.25) is 0 Å². The number of aromatic nitrogens is 3. The molecule has 1 saturated carbocycles. The summed E-state index contributed by atoms with van der Waals surface area (Å²) >= 11 is 0. The van der Waals surface area contributed by atoms with E-state index in [0.717, 1.165) is 36.7 Å². The maximum absolute atomic E-state index is 5.77. The highest BCUT2D eigenvalue weighted by atomic mass is 16.5. The van der Waals surface area contributed by atoms with Crippen LogP contribution in [0.15, 0.2) is 48.8 Å². The van der Waals surface area contributed by atoms with Crippen molar-refractivity contribution in [3.63, 3.8) is 0 Å². The zero-order valence-corrected chi connectivity index (χ0v) is 15.1. The average Bonchev–Trinajstić information content (AvgIpc) is 3.17. The summed E-state index contributed by atoms with van der Waals surface area (Å²) in [6.07, 6.45) is 6.92. The molecule has 2 bridgehead atoms. The van der Waals surface area contributed by atoms with Gasteiger partial charge in [-0.2, -0.15) is 0 Å². The molecule has 0 radical (unpaired) electrons. The minimum atomic E-state index is 0.448. The van der Waals surface area contributed by atoms with Crippen molar-refractivity contribution in [2.24, 2.45) is 11.8 Å². The predicted octanol–water partition coefficient (Wildman–Crippen LogP) is 3.25. The number of benzene rings is 1. The first kappa shape index (κ1) is 16.0. The Hall–Kier alpha value is -2.24. The lowest BCUT2D eigenvalue weighted by Gasteiger charge is -2.37. The molecule has 3 atom stereocenters. The van der Waals surface area contributed by atoms with E-state index in [9.17, 15) is 0 Å². The van der Waals surface area contributed by atoms with Crippen LogP contribution in [0.4, 0.5) is 0 Å². The lowest BCUT2D eigenvalue weighted by atomic mass is 9.94.